The fourth-order valence-electron chi connectivity index (χ4n) is 4.51. The highest BCUT2D eigenvalue weighted by molar-refractivity contribution is 5.68. The first-order chi connectivity index (χ1) is 9.87. The van der Waals surface area contributed by atoms with Crippen molar-refractivity contribution in [1.82, 2.24) is 10.2 Å². The van der Waals surface area contributed by atoms with Gasteiger partial charge in [-0.1, -0.05) is 0 Å². The van der Waals surface area contributed by atoms with Crippen molar-refractivity contribution < 1.29 is 9.53 Å². The first kappa shape index (κ1) is 15.1. The third-order valence-corrected chi connectivity index (χ3v) is 5.55. The van der Waals surface area contributed by atoms with Crippen LogP contribution in [0.1, 0.15) is 59.3 Å². The molecule has 120 valence electrons. The van der Waals surface area contributed by atoms with Crippen LogP contribution in [-0.4, -0.2) is 42.3 Å². The number of carbonyl (C=O) groups is 1. The van der Waals surface area contributed by atoms with Gasteiger partial charge in [-0.15, -0.1) is 0 Å². The molecule has 3 rings (SSSR count). The summed E-state index contributed by atoms with van der Waals surface area (Å²) in [6.45, 7) is 8.74. The van der Waals surface area contributed by atoms with E-state index >= 15 is 0 Å². The predicted octanol–water partition coefficient (Wildman–Crippen LogP) is 3.17. The van der Waals surface area contributed by atoms with Gasteiger partial charge in [0.05, 0.1) is 0 Å². The summed E-state index contributed by atoms with van der Waals surface area (Å²) in [6.07, 6.45) is 7.59. The molecule has 0 radical (unpaired) electrons. The Morgan fingerprint density at radius 1 is 1.24 bits per heavy atom. The quantitative estimate of drug-likeness (QED) is 0.746. The van der Waals surface area contributed by atoms with Crippen LogP contribution in [0.3, 0.4) is 0 Å². The fraction of sp³-hybridized carbons (Fsp3) is 0.941. The zero-order valence-electron chi connectivity index (χ0n) is 13.8. The molecule has 2 aliphatic heterocycles. The third kappa shape index (κ3) is 3.36. The van der Waals surface area contributed by atoms with Crippen LogP contribution in [0, 0.1) is 11.3 Å². The standard InChI is InChI=1S/C17H30N2O2/c1-16(2,3)21-15(20)19-9-6-17(7-10-19)11-13-5-4-8-18-14(13)12-17/h13-14,18H,4-12H2,1-3H3. The SMILES string of the molecule is CC(C)(C)OC(=O)N1CCC2(CC1)CC1CCCNC1C2. The van der Waals surface area contributed by atoms with Crippen LogP contribution >= 0.6 is 0 Å². The highest BCUT2D eigenvalue weighted by Crippen LogP contribution is 2.51. The van der Waals surface area contributed by atoms with E-state index in [2.05, 4.69) is 5.32 Å². The van der Waals surface area contributed by atoms with E-state index in [1.165, 1.54) is 32.2 Å². The van der Waals surface area contributed by atoms with E-state index in [0.717, 1.165) is 37.9 Å². The van der Waals surface area contributed by atoms with E-state index in [-0.39, 0.29) is 6.09 Å². The number of amides is 1. The van der Waals surface area contributed by atoms with Crippen molar-refractivity contribution in [2.75, 3.05) is 19.6 Å². The number of carbonyl (C=O) groups excluding carboxylic acids is 1. The van der Waals surface area contributed by atoms with E-state index in [1.54, 1.807) is 0 Å². The van der Waals surface area contributed by atoms with Crippen LogP contribution < -0.4 is 5.32 Å². The molecular formula is C17H30N2O2. The van der Waals surface area contributed by atoms with Gasteiger partial charge < -0.3 is 15.0 Å². The Labute approximate surface area is 128 Å². The Bertz CT molecular complexity index is 378. The van der Waals surface area contributed by atoms with Gasteiger partial charge in [0.25, 0.3) is 0 Å². The molecule has 0 bridgehead atoms. The number of nitrogens with one attached hydrogen (secondary N) is 1. The number of rotatable bonds is 0. The maximum absolute atomic E-state index is 12.2. The normalized spacial score (nSPS) is 32.0. The Hall–Kier alpha value is -0.770. The van der Waals surface area contributed by atoms with Crippen LogP contribution in [0.5, 0.6) is 0 Å². The minimum atomic E-state index is -0.390. The maximum atomic E-state index is 12.2. The van der Waals surface area contributed by atoms with Crippen molar-refractivity contribution in [1.29, 1.82) is 0 Å². The number of piperidine rings is 2. The van der Waals surface area contributed by atoms with Crippen LogP contribution in [-0.2, 0) is 4.74 Å². The summed E-state index contributed by atoms with van der Waals surface area (Å²) in [5.41, 5.74) is 0.101. The first-order valence-corrected chi connectivity index (χ1v) is 8.58. The van der Waals surface area contributed by atoms with Crippen molar-refractivity contribution in [2.24, 2.45) is 11.3 Å². The smallest absolute Gasteiger partial charge is 0.410 e. The van der Waals surface area contributed by atoms with Crippen molar-refractivity contribution >= 4 is 6.09 Å². The Kier molecular flexibility index (Phi) is 3.93. The lowest BCUT2D eigenvalue weighted by atomic mass is 9.76. The molecule has 2 heterocycles. The summed E-state index contributed by atoms with van der Waals surface area (Å²) in [4.78, 5) is 14.1. The van der Waals surface area contributed by atoms with Crippen molar-refractivity contribution in [3.8, 4) is 0 Å². The van der Waals surface area contributed by atoms with E-state index < -0.39 is 5.60 Å². The van der Waals surface area contributed by atoms with Gasteiger partial charge in [0.1, 0.15) is 5.60 Å². The predicted molar refractivity (Wildman–Crippen MR) is 83.2 cm³/mol. The molecule has 2 saturated heterocycles. The molecule has 0 aromatic heterocycles. The van der Waals surface area contributed by atoms with E-state index in [9.17, 15) is 4.79 Å². The number of ether oxygens (including phenoxy) is 1. The fourth-order valence-corrected chi connectivity index (χ4v) is 4.51. The summed E-state index contributed by atoms with van der Waals surface area (Å²) < 4.78 is 5.50. The summed E-state index contributed by atoms with van der Waals surface area (Å²) >= 11 is 0. The Morgan fingerprint density at radius 3 is 2.57 bits per heavy atom. The largest absolute Gasteiger partial charge is 0.444 e. The van der Waals surface area contributed by atoms with Gasteiger partial charge in [0, 0.05) is 19.1 Å². The Morgan fingerprint density at radius 2 is 1.95 bits per heavy atom. The second kappa shape index (κ2) is 5.45. The molecule has 2 atom stereocenters. The lowest BCUT2D eigenvalue weighted by Gasteiger charge is -2.40. The van der Waals surface area contributed by atoms with Crippen LogP contribution in [0.4, 0.5) is 4.79 Å². The maximum Gasteiger partial charge on any atom is 0.410 e. The summed E-state index contributed by atoms with van der Waals surface area (Å²) in [5, 5.41) is 3.71. The molecule has 4 nitrogen and oxygen atoms in total. The number of fused-ring (bicyclic) bond motifs is 1. The third-order valence-electron chi connectivity index (χ3n) is 5.55. The number of hydrogen-bond donors (Lipinski definition) is 1. The topological polar surface area (TPSA) is 41.6 Å². The van der Waals surface area contributed by atoms with Gasteiger partial charge in [0.15, 0.2) is 0 Å². The summed E-state index contributed by atoms with van der Waals surface area (Å²) in [6, 6.07) is 0.742. The summed E-state index contributed by atoms with van der Waals surface area (Å²) in [7, 11) is 0. The van der Waals surface area contributed by atoms with Crippen LogP contribution in [0.15, 0.2) is 0 Å². The van der Waals surface area contributed by atoms with Gasteiger partial charge in [-0.05, 0) is 77.2 Å². The number of likely N-dealkylation sites (tertiary alicyclic amines) is 1. The van der Waals surface area contributed by atoms with Crippen molar-refractivity contribution in [3.63, 3.8) is 0 Å². The average Bonchev–Trinajstić information content (AvgIpc) is 2.75. The molecule has 4 heteroatoms. The average molecular weight is 294 g/mol. The van der Waals surface area contributed by atoms with Crippen molar-refractivity contribution in [2.45, 2.75) is 70.9 Å². The van der Waals surface area contributed by atoms with Gasteiger partial charge in [-0.3, -0.25) is 0 Å². The highest BCUT2D eigenvalue weighted by atomic mass is 16.6. The molecular weight excluding hydrogens is 264 g/mol. The van der Waals surface area contributed by atoms with E-state index in [1.807, 2.05) is 25.7 Å². The number of nitrogens with zero attached hydrogens (tertiary/aromatic N) is 1. The molecule has 0 aromatic rings. The van der Waals surface area contributed by atoms with Crippen LogP contribution in [0.25, 0.3) is 0 Å². The van der Waals surface area contributed by atoms with E-state index in [0.29, 0.717) is 5.41 Å². The molecule has 2 unspecified atom stereocenters. The van der Waals surface area contributed by atoms with E-state index in [4.69, 9.17) is 4.74 Å². The van der Waals surface area contributed by atoms with Gasteiger partial charge in [-0.2, -0.15) is 0 Å². The van der Waals surface area contributed by atoms with Gasteiger partial charge in [0.2, 0.25) is 0 Å². The first-order valence-electron chi connectivity index (χ1n) is 8.58. The molecule has 1 N–H and O–H groups in total. The molecule has 1 saturated carbocycles. The molecule has 1 aliphatic carbocycles. The monoisotopic (exact) mass is 294 g/mol. The molecule has 0 aromatic carbocycles. The molecule has 1 amide bonds. The van der Waals surface area contributed by atoms with Gasteiger partial charge in [-0.25, -0.2) is 4.79 Å². The lowest BCUT2D eigenvalue weighted by molar-refractivity contribution is 0.0102. The molecule has 1 spiro atoms. The zero-order chi connectivity index (χ0) is 15.1. The number of hydrogen-bond acceptors (Lipinski definition) is 3. The zero-order valence-corrected chi connectivity index (χ0v) is 13.8. The molecule has 3 fully saturated rings. The van der Waals surface area contributed by atoms with Gasteiger partial charge >= 0.3 is 6.09 Å². The Balaban J connectivity index is 1.54. The highest BCUT2D eigenvalue weighted by Gasteiger charge is 2.47. The van der Waals surface area contributed by atoms with Crippen molar-refractivity contribution in [3.05, 3.63) is 0 Å². The minimum absolute atomic E-state index is 0.133. The second-order valence-corrected chi connectivity index (χ2v) is 8.34. The molecule has 3 aliphatic rings. The summed E-state index contributed by atoms with van der Waals surface area (Å²) in [5.74, 6) is 0.881. The minimum Gasteiger partial charge on any atom is -0.444 e. The molecule has 21 heavy (non-hydrogen) atoms. The lowest BCUT2D eigenvalue weighted by Crippen LogP contribution is -2.45. The second-order valence-electron chi connectivity index (χ2n) is 8.34. The van der Waals surface area contributed by atoms with Crippen LogP contribution in [0.2, 0.25) is 0 Å².